The van der Waals surface area contributed by atoms with Gasteiger partial charge in [0.15, 0.2) is 0 Å². The molecule has 2 amide bonds. The van der Waals surface area contributed by atoms with E-state index < -0.39 is 5.41 Å². The van der Waals surface area contributed by atoms with E-state index in [2.05, 4.69) is 36.3 Å². The van der Waals surface area contributed by atoms with Crippen LogP contribution in [0.2, 0.25) is 0 Å². The number of hydrogen-bond acceptors (Lipinski definition) is 4. The largest absolute Gasteiger partial charge is 0.375 e. The predicted octanol–water partition coefficient (Wildman–Crippen LogP) is 4.65. The second-order valence-electron chi connectivity index (χ2n) is 10.5. The fourth-order valence-corrected chi connectivity index (χ4v) is 4.27. The monoisotopic (exact) mass is 503 g/mol. The number of amides is 2. The molecule has 1 atom stereocenters. The summed E-state index contributed by atoms with van der Waals surface area (Å²) < 4.78 is 6.18. The van der Waals surface area contributed by atoms with E-state index in [1.807, 2.05) is 69.4 Å². The molecular weight excluding hydrogens is 462 g/mol. The van der Waals surface area contributed by atoms with E-state index in [4.69, 9.17) is 4.74 Å². The van der Waals surface area contributed by atoms with E-state index in [1.54, 1.807) is 4.90 Å². The first-order valence-electron chi connectivity index (χ1n) is 13.3. The maximum atomic E-state index is 13.4. The minimum atomic E-state index is -0.595. The third-order valence-corrected chi connectivity index (χ3v) is 7.24. The number of para-hydroxylation sites is 1. The Kier molecular flexibility index (Phi) is 9.91. The van der Waals surface area contributed by atoms with Gasteiger partial charge < -0.3 is 20.3 Å². The summed E-state index contributed by atoms with van der Waals surface area (Å²) in [7, 11) is 1.94. The van der Waals surface area contributed by atoms with Crippen LogP contribution in [0.4, 0.5) is 5.69 Å². The van der Waals surface area contributed by atoms with Crippen LogP contribution in [0.15, 0.2) is 48.5 Å². The van der Waals surface area contributed by atoms with Gasteiger partial charge in [-0.1, -0.05) is 62.9 Å². The normalized spacial score (nSPS) is 14.2. The maximum Gasteiger partial charge on any atom is 0.229 e. The van der Waals surface area contributed by atoms with Crippen molar-refractivity contribution in [1.29, 1.82) is 0 Å². The van der Waals surface area contributed by atoms with Gasteiger partial charge in [0.1, 0.15) is 0 Å². The van der Waals surface area contributed by atoms with Crippen LogP contribution >= 0.6 is 0 Å². The lowest BCUT2D eigenvalue weighted by Gasteiger charge is -2.31. The van der Waals surface area contributed by atoms with Crippen LogP contribution < -0.4 is 15.5 Å². The number of rotatable bonds is 12. The first-order chi connectivity index (χ1) is 17.7. The van der Waals surface area contributed by atoms with Crippen molar-refractivity contribution >= 4 is 17.5 Å². The maximum absolute atomic E-state index is 13.4. The molecule has 0 saturated heterocycles. The third kappa shape index (κ3) is 7.67. The Morgan fingerprint density at radius 1 is 0.973 bits per heavy atom. The molecule has 3 rings (SSSR count). The molecule has 2 aromatic carbocycles. The van der Waals surface area contributed by atoms with Gasteiger partial charge in [0.2, 0.25) is 11.8 Å². The minimum Gasteiger partial charge on any atom is -0.375 e. The Hall–Kier alpha value is -3.14. The van der Waals surface area contributed by atoms with E-state index >= 15 is 0 Å². The van der Waals surface area contributed by atoms with Crippen molar-refractivity contribution in [3.8, 4) is 11.8 Å². The summed E-state index contributed by atoms with van der Waals surface area (Å²) >= 11 is 0. The number of anilines is 1. The molecule has 6 nitrogen and oxygen atoms in total. The summed E-state index contributed by atoms with van der Waals surface area (Å²) in [6.45, 7) is 10.2. The van der Waals surface area contributed by atoms with Gasteiger partial charge in [0, 0.05) is 36.1 Å². The molecule has 0 aliphatic carbocycles. The second kappa shape index (κ2) is 12.9. The standard InChI is InChI=1S/C31H41N3O3/c1-6-31(4,18-21-32-5)37-22-19-30(2,3)29(36)33-20-17-28(35)34-23-26-13-8-7-11-24(26)15-16-25-12-9-10-14-27(25)34/h7-14,32H,6,17-23H2,1-5H3,(H,33,36). The molecule has 198 valence electrons. The van der Waals surface area contributed by atoms with Crippen LogP contribution in [0.25, 0.3) is 0 Å². The lowest BCUT2D eigenvalue weighted by atomic mass is 9.88. The quantitative estimate of drug-likeness (QED) is 0.414. The van der Waals surface area contributed by atoms with Gasteiger partial charge in [0.05, 0.1) is 17.8 Å². The lowest BCUT2D eigenvalue weighted by Crippen LogP contribution is -2.41. The molecule has 1 unspecified atom stereocenters. The first kappa shape index (κ1) is 28.4. The highest BCUT2D eigenvalue weighted by Crippen LogP contribution is 2.27. The van der Waals surface area contributed by atoms with Crippen molar-refractivity contribution in [3.05, 3.63) is 65.2 Å². The molecule has 2 N–H and O–H groups in total. The Labute approximate surface area is 222 Å². The highest BCUT2D eigenvalue weighted by atomic mass is 16.5. The zero-order valence-corrected chi connectivity index (χ0v) is 22.9. The van der Waals surface area contributed by atoms with Gasteiger partial charge in [-0.05, 0) is 63.5 Å². The topological polar surface area (TPSA) is 70.7 Å². The fraction of sp³-hybridized carbons (Fsp3) is 0.484. The number of benzene rings is 2. The van der Waals surface area contributed by atoms with Crippen molar-refractivity contribution in [2.45, 2.75) is 65.5 Å². The van der Waals surface area contributed by atoms with Gasteiger partial charge in [-0.2, -0.15) is 0 Å². The molecule has 1 heterocycles. The number of carbonyl (C=O) groups is 2. The molecule has 2 aromatic rings. The summed E-state index contributed by atoms with van der Waals surface area (Å²) in [6.07, 6.45) is 2.65. The Bertz CT molecular complexity index is 1150. The van der Waals surface area contributed by atoms with Crippen molar-refractivity contribution in [2.75, 3.05) is 31.6 Å². The first-order valence-corrected chi connectivity index (χ1v) is 13.3. The molecule has 37 heavy (non-hydrogen) atoms. The van der Waals surface area contributed by atoms with Crippen LogP contribution in [-0.4, -0.2) is 44.2 Å². The molecule has 0 spiro atoms. The number of fused-ring (bicyclic) bond motifs is 2. The number of nitrogens with one attached hydrogen (secondary N) is 2. The summed E-state index contributed by atoms with van der Waals surface area (Å²) in [5, 5.41) is 6.15. The Balaban J connectivity index is 1.58. The molecular formula is C31H41N3O3. The van der Waals surface area contributed by atoms with Crippen molar-refractivity contribution < 1.29 is 14.3 Å². The third-order valence-electron chi connectivity index (χ3n) is 7.24. The molecule has 1 aliphatic heterocycles. The van der Waals surface area contributed by atoms with Crippen molar-refractivity contribution in [2.24, 2.45) is 5.41 Å². The molecule has 0 fully saturated rings. The highest BCUT2D eigenvalue weighted by Gasteiger charge is 2.30. The van der Waals surface area contributed by atoms with Crippen LogP contribution in [0.5, 0.6) is 0 Å². The summed E-state index contributed by atoms with van der Waals surface area (Å²) in [5.41, 5.74) is 2.77. The van der Waals surface area contributed by atoms with Gasteiger partial charge >= 0.3 is 0 Å². The number of hydrogen-bond donors (Lipinski definition) is 2. The average Bonchev–Trinajstić information content (AvgIpc) is 2.88. The van der Waals surface area contributed by atoms with Crippen LogP contribution in [0.1, 0.15) is 70.1 Å². The summed E-state index contributed by atoms with van der Waals surface area (Å²) in [6, 6.07) is 15.6. The van der Waals surface area contributed by atoms with Gasteiger partial charge in [0.25, 0.3) is 0 Å². The zero-order chi connectivity index (χ0) is 26.9. The molecule has 1 aliphatic rings. The van der Waals surface area contributed by atoms with E-state index in [-0.39, 0.29) is 30.4 Å². The van der Waals surface area contributed by atoms with Gasteiger partial charge in [-0.3, -0.25) is 9.59 Å². The Morgan fingerprint density at radius 2 is 1.65 bits per heavy atom. The van der Waals surface area contributed by atoms with Crippen LogP contribution in [-0.2, 0) is 20.9 Å². The fourth-order valence-electron chi connectivity index (χ4n) is 4.27. The molecule has 0 radical (unpaired) electrons. The van der Waals surface area contributed by atoms with E-state index in [1.165, 1.54) is 0 Å². The zero-order valence-electron chi connectivity index (χ0n) is 22.9. The summed E-state index contributed by atoms with van der Waals surface area (Å²) in [4.78, 5) is 28.1. The predicted molar refractivity (Wildman–Crippen MR) is 149 cm³/mol. The number of ether oxygens (including phenoxy) is 1. The number of carbonyl (C=O) groups excluding carboxylic acids is 2. The highest BCUT2D eigenvalue weighted by molar-refractivity contribution is 5.95. The summed E-state index contributed by atoms with van der Waals surface area (Å²) in [5.74, 6) is 6.34. The lowest BCUT2D eigenvalue weighted by molar-refractivity contribution is -0.131. The molecule has 0 bridgehead atoms. The van der Waals surface area contributed by atoms with E-state index in [0.717, 1.165) is 41.8 Å². The number of nitrogens with zero attached hydrogens (tertiary/aromatic N) is 1. The molecule has 6 heteroatoms. The molecule has 0 aromatic heterocycles. The van der Waals surface area contributed by atoms with E-state index in [9.17, 15) is 9.59 Å². The smallest absolute Gasteiger partial charge is 0.229 e. The minimum absolute atomic E-state index is 0.0457. The van der Waals surface area contributed by atoms with Crippen molar-refractivity contribution in [3.63, 3.8) is 0 Å². The average molecular weight is 504 g/mol. The second-order valence-corrected chi connectivity index (χ2v) is 10.5. The SMILES string of the molecule is CCC(C)(CCNC)OCCC(C)(C)C(=O)NCCC(=O)N1Cc2ccccc2C#Cc2ccccc21. The van der Waals surface area contributed by atoms with Crippen LogP contribution in [0, 0.1) is 17.3 Å². The van der Waals surface area contributed by atoms with Crippen LogP contribution in [0.3, 0.4) is 0 Å². The van der Waals surface area contributed by atoms with Crippen molar-refractivity contribution in [1.82, 2.24) is 10.6 Å². The van der Waals surface area contributed by atoms with E-state index in [0.29, 0.717) is 19.6 Å². The molecule has 0 saturated carbocycles. The van der Waals surface area contributed by atoms with Gasteiger partial charge in [-0.15, -0.1) is 0 Å². The van der Waals surface area contributed by atoms with Gasteiger partial charge in [-0.25, -0.2) is 0 Å². The Morgan fingerprint density at radius 3 is 2.38 bits per heavy atom.